The summed E-state index contributed by atoms with van der Waals surface area (Å²) in [5.41, 5.74) is 6.52. The van der Waals surface area contributed by atoms with Crippen LogP contribution in [-0.4, -0.2) is 41.2 Å². The van der Waals surface area contributed by atoms with Crippen LogP contribution in [0, 0.1) is 0 Å². The predicted octanol–water partition coefficient (Wildman–Crippen LogP) is 2.85. The summed E-state index contributed by atoms with van der Waals surface area (Å²) in [6.45, 7) is 4.60. The van der Waals surface area contributed by atoms with Crippen LogP contribution in [0.15, 0.2) is 36.4 Å². The fourth-order valence-electron chi connectivity index (χ4n) is 3.81. The fraction of sp³-hybridized carbons (Fsp3) is 0.409. The van der Waals surface area contributed by atoms with Crippen LogP contribution < -0.4 is 11.1 Å². The molecule has 0 spiro atoms. The molecule has 2 aromatic rings. The summed E-state index contributed by atoms with van der Waals surface area (Å²) in [5.74, 6) is -0.699. The van der Waals surface area contributed by atoms with Gasteiger partial charge in [0.05, 0.1) is 5.54 Å². The molecular formula is C22H27N3O3. The van der Waals surface area contributed by atoms with Gasteiger partial charge in [-0.05, 0) is 36.8 Å². The number of nitrogens with one attached hydrogen (secondary N) is 1. The molecule has 0 aliphatic carbocycles. The molecule has 0 bridgehead atoms. The van der Waals surface area contributed by atoms with Crippen LogP contribution >= 0.6 is 0 Å². The van der Waals surface area contributed by atoms with Crippen molar-refractivity contribution in [2.75, 3.05) is 13.1 Å². The summed E-state index contributed by atoms with van der Waals surface area (Å²) in [7, 11) is 0. The van der Waals surface area contributed by atoms with E-state index >= 15 is 0 Å². The molecule has 0 unspecified atom stereocenters. The van der Waals surface area contributed by atoms with Crippen molar-refractivity contribution in [3.8, 4) is 0 Å². The van der Waals surface area contributed by atoms with Gasteiger partial charge in [0.15, 0.2) is 0 Å². The number of hydrogen-bond acceptors (Lipinski definition) is 4. The van der Waals surface area contributed by atoms with Crippen LogP contribution in [0.4, 0.5) is 0 Å². The maximum absolute atomic E-state index is 12.8. The fourth-order valence-corrected chi connectivity index (χ4v) is 3.81. The van der Waals surface area contributed by atoms with Crippen LogP contribution in [0.5, 0.6) is 0 Å². The average Bonchev–Trinajstić information content (AvgIpc) is 2.72. The number of nitrogens with two attached hydrogens (primary N) is 1. The van der Waals surface area contributed by atoms with Crippen molar-refractivity contribution < 1.29 is 14.4 Å². The van der Waals surface area contributed by atoms with E-state index in [2.05, 4.69) is 5.32 Å². The van der Waals surface area contributed by atoms with Crippen LogP contribution in [-0.2, 0) is 4.79 Å². The minimum atomic E-state index is -0.386. The molecule has 6 heteroatoms. The summed E-state index contributed by atoms with van der Waals surface area (Å²) in [6.07, 6.45) is 2.17. The molecule has 1 aliphatic heterocycles. The molecule has 3 amide bonds. The van der Waals surface area contributed by atoms with Crippen LogP contribution in [0.1, 0.15) is 60.2 Å². The second-order valence-corrected chi connectivity index (χ2v) is 7.31. The SMILES string of the molecule is CCC(CC)(CN)NC(=O)CCCN1C(=O)c2cccc3cccc(c23)C1=O. The molecule has 0 fully saturated rings. The van der Waals surface area contributed by atoms with E-state index in [1.807, 2.05) is 38.1 Å². The van der Waals surface area contributed by atoms with Gasteiger partial charge in [-0.25, -0.2) is 0 Å². The first-order valence-corrected chi connectivity index (χ1v) is 9.85. The standard InChI is InChI=1S/C22H27N3O3/c1-3-22(4-2,14-23)24-18(26)12-7-13-25-20(27)16-10-5-8-15-9-6-11-17(19(15)16)21(25)28/h5-6,8-11H,3-4,7,12-14,23H2,1-2H3,(H,24,26). The number of amides is 3. The minimum Gasteiger partial charge on any atom is -0.349 e. The maximum Gasteiger partial charge on any atom is 0.261 e. The van der Waals surface area contributed by atoms with Gasteiger partial charge in [-0.15, -0.1) is 0 Å². The van der Waals surface area contributed by atoms with E-state index in [-0.39, 0.29) is 36.2 Å². The molecule has 3 N–H and O–H groups in total. The lowest BCUT2D eigenvalue weighted by atomic mass is 9.92. The summed E-state index contributed by atoms with van der Waals surface area (Å²) >= 11 is 0. The van der Waals surface area contributed by atoms with E-state index in [4.69, 9.17) is 5.73 Å². The number of imide groups is 1. The zero-order chi connectivity index (χ0) is 20.3. The summed E-state index contributed by atoms with van der Waals surface area (Å²) in [5, 5.41) is 4.62. The largest absolute Gasteiger partial charge is 0.349 e. The lowest BCUT2D eigenvalue weighted by molar-refractivity contribution is -0.123. The normalized spacial score (nSPS) is 13.9. The third kappa shape index (κ3) is 3.52. The van der Waals surface area contributed by atoms with Crippen molar-refractivity contribution in [3.63, 3.8) is 0 Å². The van der Waals surface area contributed by atoms with Crippen molar-refractivity contribution in [1.29, 1.82) is 0 Å². The van der Waals surface area contributed by atoms with Gasteiger partial charge in [0.25, 0.3) is 11.8 Å². The third-order valence-electron chi connectivity index (χ3n) is 5.79. The second kappa shape index (κ2) is 8.10. The molecule has 0 aromatic heterocycles. The van der Waals surface area contributed by atoms with Gasteiger partial charge in [-0.2, -0.15) is 0 Å². The molecule has 0 radical (unpaired) electrons. The molecule has 1 heterocycles. The molecule has 28 heavy (non-hydrogen) atoms. The van der Waals surface area contributed by atoms with Gasteiger partial charge in [0.2, 0.25) is 5.91 Å². The van der Waals surface area contributed by atoms with Gasteiger partial charge >= 0.3 is 0 Å². The zero-order valence-corrected chi connectivity index (χ0v) is 16.5. The highest BCUT2D eigenvalue weighted by atomic mass is 16.2. The number of benzene rings is 2. The van der Waals surface area contributed by atoms with Gasteiger partial charge in [-0.3, -0.25) is 19.3 Å². The van der Waals surface area contributed by atoms with Crippen LogP contribution in [0.2, 0.25) is 0 Å². The van der Waals surface area contributed by atoms with Crippen molar-refractivity contribution in [2.45, 2.75) is 45.1 Å². The summed E-state index contributed by atoms with van der Waals surface area (Å²) in [4.78, 5) is 39.3. The number of carbonyl (C=O) groups is 3. The summed E-state index contributed by atoms with van der Waals surface area (Å²) < 4.78 is 0. The van der Waals surface area contributed by atoms with Crippen LogP contribution in [0.25, 0.3) is 10.8 Å². The predicted molar refractivity (Wildman–Crippen MR) is 109 cm³/mol. The van der Waals surface area contributed by atoms with Gasteiger partial charge in [-0.1, -0.05) is 38.1 Å². The first kappa shape index (κ1) is 20.0. The molecule has 0 saturated heterocycles. The molecule has 148 valence electrons. The Labute approximate surface area is 165 Å². The van der Waals surface area contributed by atoms with Crippen molar-refractivity contribution >= 4 is 28.5 Å². The lowest BCUT2D eigenvalue weighted by Gasteiger charge is -2.31. The molecule has 0 saturated carbocycles. The Balaban J connectivity index is 1.69. The first-order chi connectivity index (χ1) is 13.5. The van der Waals surface area contributed by atoms with Crippen molar-refractivity contribution in [3.05, 3.63) is 47.5 Å². The lowest BCUT2D eigenvalue weighted by Crippen LogP contribution is -2.53. The van der Waals surface area contributed by atoms with Gasteiger partial charge < -0.3 is 11.1 Å². The highest BCUT2D eigenvalue weighted by molar-refractivity contribution is 6.25. The van der Waals surface area contributed by atoms with Gasteiger partial charge in [0, 0.05) is 36.0 Å². The van der Waals surface area contributed by atoms with E-state index in [0.29, 0.717) is 29.5 Å². The molecule has 1 aliphatic rings. The quantitative estimate of drug-likeness (QED) is 0.688. The molecule has 6 nitrogen and oxygen atoms in total. The Hall–Kier alpha value is -2.73. The van der Waals surface area contributed by atoms with Crippen molar-refractivity contribution in [1.82, 2.24) is 10.2 Å². The maximum atomic E-state index is 12.8. The van der Waals surface area contributed by atoms with Crippen molar-refractivity contribution in [2.24, 2.45) is 5.73 Å². The highest BCUT2D eigenvalue weighted by Gasteiger charge is 2.32. The topological polar surface area (TPSA) is 92.5 Å². The minimum absolute atomic E-state index is 0.103. The van der Waals surface area contributed by atoms with Gasteiger partial charge in [0.1, 0.15) is 0 Å². The first-order valence-electron chi connectivity index (χ1n) is 9.85. The molecule has 2 aromatic carbocycles. The second-order valence-electron chi connectivity index (χ2n) is 7.31. The highest BCUT2D eigenvalue weighted by Crippen LogP contribution is 2.30. The molecule has 3 rings (SSSR count). The molecular weight excluding hydrogens is 354 g/mol. The number of rotatable bonds is 8. The number of nitrogens with zero attached hydrogens (tertiary/aromatic N) is 1. The van der Waals surface area contributed by atoms with E-state index in [1.54, 1.807) is 12.1 Å². The van der Waals surface area contributed by atoms with Crippen LogP contribution in [0.3, 0.4) is 0 Å². The zero-order valence-electron chi connectivity index (χ0n) is 16.5. The Morgan fingerprint density at radius 2 is 1.61 bits per heavy atom. The molecule has 0 atom stereocenters. The summed E-state index contributed by atoms with van der Waals surface area (Å²) in [6, 6.07) is 10.9. The Bertz CT molecular complexity index is 859. The average molecular weight is 381 g/mol. The Morgan fingerprint density at radius 3 is 2.11 bits per heavy atom. The Morgan fingerprint density at radius 1 is 1.04 bits per heavy atom. The monoisotopic (exact) mass is 381 g/mol. The third-order valence-corrected chi connectivity index (χ3v) is 5.79. The number of carbonyl (C=O) groups excluding carboxylic acids is 3. The van der Waals surface area contributed by atoms with E-state index in [9.17, 15) is 14.4 Å². The van der Waals surface area contributed by atoms with E-state index in [0.717, 1.165) is 18.2 Å². The number of hydrogen-bond donors (Lipinski definition) is 2. The van der Waals surface area contributed by atoms with E-state index < -0.39 is 0 Å². The Kier molecular flexibility index (Phi) is 5.79. The smallest absolute Gasteiger partial charge is 0.261 e. The van der Waals surface area contributed by atoms with E-state index in [1.165, 1.54) is 4.90 Å².